The first kappa shape index (κ1) is 14.9. The maximum absolute atomic E-state index is 10.1. The Morgan fingerprint density at radius 2 is 1.76 bits per heavy atom. The summed E-state index contributed by atoms with van der Waals surface area (Å²) < 4.78 is 5.32. The highest BCUT2D eigenvalue weighted by atomic mass is 16.5. The van der Waals surface area contributed by atoms with Crippen molar-refractivity contribution in [3.63, 3.8) is 0 Å². The Bertz CT molecular complexity index is 210. The van der Waals surface area contributed by atoms with Gasteiger partial charge in [-0.05, 0) is 45.4 Å². The second kappa shape index (κ2) is 6.72. The van der Waals surface area contributed by atoms with Crippen LogP contribution in [0, 0.1) is 5.92 Å². The minimum Gasteiger partial charge on any atom is -0.390 e. The van der Waals surface area contributed by atoms with Gasteiger partial charge in [-0.1, -0.05) is 19.3 Å². The van der Waals surface area contributed by atoms with Crippen LogP contribution in [0.2, 0.25) is 0 Å². The summed E-state index contributed by atoms with van der Waals surface area (Å²) in [6.07, 6.45) is 6.01. The molecule has 17 heavy (non-hydrogen) atoms. The predicted molar refractivity (Wildman–Crippen MR) is 68.9 cm³/mol. The molecule has 1 rings (SSSR count). The van der Waals surface area contributed by atoms with Crippen LogP contribution in [0.25, 0.3) is 0 Å². The third kappa shape index (κ3) is 4.94. The van der Waals surface area contributed by atoms with Gasteiger partial charge in [0.15, 0.2) is 0 Å². The first-order chi connectivity index (χ1) is 7.96. The number of ether oxygens (including phenoxy) is 1. The molecule has 1 saturated carbocycles. The molecule has 2 unspecified atom stereocenters. The van der Waals surface area contributed by atoms with Gasteiger partial charge < -0.3 is 14.9 Å². The van der Waals surface area contributed by atoms with E-state index in [2.05, 4.69) is 0 Å². The molecule has 0 amide bonds. The molecule has 0 saturated heterocycles. The van der Waals surface area contributed by atoms with E-state index in [1.807, 2.05) is 13.8 Å². The molecule has 0 heterocycles. The van der Waals surface area contributed by atoms with E-state index in [-0.39, 0.29) is 5.60 Å². The van der Waals surface area contributed by atoms with Gasteiger partial charge in [-0.25, -0.2) is 0 Å². The van der Waals surface area contributed by atoms with Crippen LogP contribution in [0.4, 0.5) is 0 Å². The maximum Gasteiger partial charge on any atom is 0.0827 e. The van der Waals surface area contributed by atoms with Crippen molar-refractivity contribution in [3.8, 4) is 0 Å². The summed E-state index contributed by atoms with van der Waals surface area (Å²) >= 11 is 0. The molecule has 0 aromatic rings. The van der Waals surface area contributed by atoms with Crippen molar-refractivity contribution < 1.29 is 14.9 Å². The van der Waals surface area contributed by atoms with Crippen molar-refractivity contribution in [1.29, 1.82) is 0 Å². The van der Waals surface area contributed by atoms with Crippen molar-refractivity contribution in [2.45, 2.75) is 76.6 Å². The van der Waals surface area contributed by atoms with Crippen LogP contribution in [-0.4, -0.2) is 35.1 Å². The Morgan fingerprint density at radius 3 is 2.29 bits per heavy atom. The number of rotatable bonds is 6. The van der Waals surface area contributed by atoms with Gasteiger partial charge in [0.2, 0.25) is 0 Å². The zero-order valence-electron chi connectivity index (χ0n) is 11.5. The average molecular weight is 244 g/mol. The molecule has 1 aliphatic carbocycles. The highest BCUT2D eigenvalue weighted by molar-refractivity contribution is 4.80. The standard InChI is InChI=1S/C14H28O3/c1-14(2,17-3)10-9-12(15)13(16)11-7-5-4-6-8-11/h11-13,15-16H,4-10H2,1-3H3. The van der Waals surface area contributed by atoms with E-state index in [1.165, 1.54) is 19.3 Å². The number of hydrogen-bond donors (Lipinski definition) is 2. The lowest BCUT2D eigenvalue weighted by Crippen LogP contribution is -2.36. The second-order valence-electron chi connectivity index (χ2n) is 5.96. The van der Waals surface area contributed by atoms with E-state index >= 15 is 0 Å². The monoisotopic (exact) mass is 244 g/mol. The van der Waals surface area contributed by atoms with Gasteiger partial charge >= 0.3 is 0 Å². The smallest absolute Gasteiger partial charge is 0.0827 e. The fraction of sp³-hybridized carbons (Fsp3) is 1.00. The van der Waals surface area contributed by atoms with Crippen LogP contribution in [-0.2, 0) is 4.74 Å². The topological polar surface area (TPSA) is 49.7 Å². The van der Waals surface area contributed by atoms with Crippen molar-refractivity contribution in [3.05, 3.63) is 0 Å². The van der Waals surface area contributed by atoms with Crippen LogP contribution >= 0.6 is 0 Å². The Morgan fingerprint density at radius 1 is 1.18 bits per heavy atom. The van der Waals surface area contributed by atoms with Gasteiger partial charge in [0, 0.05) is 7.11 Å². The molecule has 0 aromatic heterocycles. The van der Waals surface area contributed by atoms with E-state index in [0.717, 1.165) is 19.3 Å². The normalized spacial score (nSPS) is 22.4. The summed E-state index contributed by atoms with van der Waals surface area (Å²) in [4.78, 5) is 0. The first-order valence-electron chi connectivity index (χ1n) is 6.87. The Labute approximate surface area is 105 Å². The molecular weight excluding hydrogens is 216 g/mol. The van der Waals surface area contributed by atoms with E-state index in [1.54, 1.807) is 7.11 Å². The molecule has 3 heteroatoms. The van der Waals surface area contributed by atoms with Crippen LogP contribution in [0.5, 0.6) is 0 Å². The van der Waals surface area contributed by atoms with E-state index in [0.29, 0.717) is 12.3 Å². The Kier molecular flexibility index (Phi) is 5.90. The summed E-state index contributed by atoms with van der Waals surface area (Å²) in [5.41, 5.74) is -0.215. The van der Waals surface area contributed by atoms with Crippen molar-refractivity contribution in [2.24, 2.45) is 5.92 Å². The third-order valence-electron chi connectivity index (χ3n) is 4.12. The van der Waals surface area contributed by atoms with Gasteiger partial charge in [-0.3, -0.25) is 0 Å². The molecule has 0 bridgehead atoms. The van der Waals surface area contributed by atoms with Gasteiger partial charge in [-0.15, -0.1) is 0 Å². The van der Waals surface area contributed by atoms with Crippen molar-refractivity contribution >= 4 is 0 Å². The fourth-order valence-electron chi connectivity index (χ4n) is 2.56. The first-order valence-corrected chi connectivity index (χ1v) is 6.87. The quantitative estimate of drug-likeness (QED) is 0.754. The highest BCUT2D eigenvalue weighted by Gasteiger charge is 2.29. The van der Waals surface area contributed by atoms with Gasteiger partial charge in [0.1, 0.15) is 0 Å². The molecule has 2 N–H and O–H groups in total. The highest BCUT2D eigenvalue weighted by Crippen LogP contribution is 2.29. The third-order valence-corrected chi connectivity index (χ3v) is 4.12. The van der Waals surface area contributed by atoms with Gasteiger partial charge in [0.25, 0.3) is 0 Å². The van der Waals surface area contributed by atoms with Gasteiger partial charge in [0.05, 0.1) is 17.8 Å². The van der Waals surface area contributed by atoms with Crippen LogP contribution in [0.3, 0.4) is 0 Å². The molecule has 2 atom stereocenters. The molecular formula is C14H28O3. The SMILES string of the molecule is COC(C)(C)CCC(O)C(O)C1CCCCC1. The fourth-order valence-corrected chi connectivity index (χ4v) is 2.56. The summed E-state index contributed by atoms with van der Waals surface area (Å²) in [5.74, 6) is 0.296. The lowest BCUT2D eigenvalue weighted by atomic mass is 9.82. The van der Waals surface area contributed by atoms with Crippen LogP contribution in [0.1, 0.15) is 58.8 Å². The summed E-state index contributed by atoms with van der Waals surface area (Å²) in [5, 5.41) is 20.1. The molecule has 0 aliphatic heterocycles. The van der Waals surface area contributed by atoms with E-state index in [9.17, 15) is 10.2 Å². The molecule has 3 nitrogen and oxygen atoms in total. The van der Waals surface area contributed by atoms with E-state index < -0.39 is 12.2 Å². The summed E-state index contributed by atoms with van der Waals surface area (Å²) in [6, 6.07) is 0. The molecule has 1 fully saturated rings. The zero-order valence-corrected chi connectivity index (χ0v) is 11.5. The predicted octanol–water partition coefficient (Wildman–Crippen LogP) is 2.49. The lowest BCUT2D eigenvalue weighted by molar-refractivity contribution is -0.0490. The number of methoxy groups -OCH3 is 1. The Balaban J connectivity index is 2.33. The summed E-state index contributed by atoms with van der Waals surface area (Å²) in [6.45, 7) is 4.01. The number of aliphatic hydroxyl groups excluding tert-OH is 2. The molecule has 0 radical (unpaired) electrons. The maximum atomic E-state index is 10.1. The lowest BCUT2D eigenvalue weighted by Gasteiger charge is -2.31. The second-order valence-corrected chi connectivity index (χ2v) is 5.96. The van der Waals surface area contributed by atoms with E-state index in [4.69, 9.17) is 4.74 Å². The average Bonchev–Trinajstić information content (AvgIpc) is 2.36. The molecule has 1 aliphatic rings. The number of aliphatic hydroxyl groups is 2. The van der Waals surface area contributed by atoms with Crippen LogP contribution in [0.15, 0.2) is 0 Å². The van der Waals surface area contributed by atoms with Crippen molar-refractivity contribution in [2.75, 3.05) is 7.11 Å². The summed E-state index contributed by atoms with van der Waals surface area (Å²) in [7, 11) is 1.68. The minimum atomic E-state index is -0.604. The zero-order chi connectivity index (χ0) is 12.9. The Hall–Kier alpha value is -0.120. The largest absolute Gasteiger partial charge is 0.390 e. The molecule has 0 aromatic carbocycles. The van der Waals surface area contributed by atoms with Gasteiger partial charge in [-0.2, -0.15) is 0 Å². The van der Waals surface area contributed by atoms with Crippen LogP contribution < -0.4 is 0 Å². The molecule has 102 valence electrons. The molecule has 0 spiro atoms. The minimum absolute atomic E-state index is 0.215. The number of hydrogen-bond acceptors (Lipinski definition) is 3. The van der Waals surface area contributed by atoms with Crippen molar-refractivity contribution in [1.82, 2.24) is 0 Å².